The molecule has 2 aromatic rings. The summed E-state index contributed by atoms with van der Waals surface area (Å²) >= 11 is 13.7. The van der Waals surface area contributed by atoms with Crippen LogP contribution in [0.15, 0.2) is 6.07 Å². The molecule has 2 fully saturated rings. The standard InChI is InChI=1S/C27H19F2I7O11S/c1-26(8-9-2-3-10(26)6-9)47-24(39)15-14(16(32)19(35)20(36)17(15)33)23(38)46-21-12(31)7-11(30)13(18(21)34)22(37)44-4-5-45-25(40)27(28,29)48(41,42)43/h7,9-10H,2-6,8H2,1H3,(H,41,42,43)/p-1. The molecule has 0 saturated heterocycles. The summed E-state index contributed by atoms with van der Waals surface area (Å²) in [6.07, 6.45) is 3.84. The lowest BCUT2D eigenvalue weighted by atomic mass is 9.85. The quantitative estimate of drug-likeness (QED) is 0.0335. The van der Waals surface area contributed by atoms with Gasteiger partial charge in [0.25, 0.3) is 0 Å². The molecule has 2 aliphatic rings. The predicted octanol–water partition coefficient (Wildman–Crippen LogP) is 7.71. The van der Waals surface area contributed by atoms with E-state index in [-0.39, 0.29) is 31.9 Å². The van der Waals surface area contributed by atoms with Gasteiger partial charge >= 0.3 is 29.1 Å². The highest BCUT2D eigenvalue weighted by molar-refractivity contribution is 14.1. The first-order chi connectivity index (χ1) is 22.1. The van der Waals surface area contributed by atoms with E-state index in [0.29, 0.717) is 20.2 Å². The minimum absolute atomic E-state index is 0.00885. The minimum Gasteiger partial charge on any atom is -0.743 e. The van der Waals surface area contributed by atoms with E-state index in [2.05, 4.69) is 49.9 Å². The molecule has 2 bridgehead atoms. The zero-order valence-electron chi connectivity index (χ0n) is 23.8. The number of ether oxygens (including phenoxy) is 4. The van der Waals surface area contributed by atoms with Crippen molar-refractivity contribution in [3.63, 3.8) is 0 Å². The Kier molecular flexibility index (Phi) is 14.2. The first-order valence-electron chi connectivity index (χ1n) is 13.3. The van der Waals surface area contributed by atoms with Gasteiger partial charge < -0.3 is 23.5 Å². The van der Waals surface area contributed by atoms with Crippen molar-refractivity contribution >= 4 is 192 Å². The molecule has 0 aliphatic heterocycles. The van der Waals surface area contributed by atoms with Crippen molar-refractivity contribution in [3.8, 4) is 5.75 Å². The lowest BCUT2D eigenvalue weighted by Gasteiger charge is -2.34. The highest BCUT2D eigenvalue weighted by Gasteiger charge is 2.51. The van der Waals surface area contributed by atoms with Crippen LogP contribution in [0, 0.1) is 36.8 Å². The van der Waals surface area contributed by atoms with E-state index in [1.54, 1.807) is 22.6 Å². The maximum Gasteiger partial charge on any atom is 0.428 e. The average molecular weight is 1480 g/mol. The molecular weight excluding hydrogens is 1460 g/mol. The van der Waals surface area contributed by atoms with E-state index in [1.807, 2.05) is 97.3 Å². The molecule has 0 N–H and O–H groups in total. The SMILES string of the molecule is CC1(OC(=O)c2c(I)c(I)c(I)c(I)c2C(=O)Oc2c(I)cc(I)c(C(=O)OCCOC(=O)C(F)(F)S(=O)(=O)[O-])c2I)CC2CCC1C2. The molecule has 2 saturated carbocycles. The molecule has 48 heavy (non-hydrogen) atoms. The van der Waals surface area contributed by atoms with Crippen LogP contribution in [0.5, 0.6) is 5.75 Å². The third kappa shape index (κ3) is 8.61. The Bertz CT molecular complexity index is 1840. The molecule has 0 spiro atoms. The zero-order chi connectivity index (χ0) is 36.1. The van der Waals surface area contributed by atoms with Crippen LogP contribution in [-0.4, -0.2) is 60.9 Å². The van der Waals surface area contributed by atoms with Crippen LogP contribution in [-0.2, 0) is 29.1 Å². The van der Waals surface area contributed by atoms with Gasteiger partial charge in [0.1, 0.15) is 18.8 Å². The third-order valence-electron chi connectivity index (χ3n) is 7.73. The minimum atomic E-state index is -6.31. The second-order valence-corrected chi connectivity index (χ2v) is 19.9. The van der Waals surface area contributed by atoms with Gasteiger partial charge in [-0.2, -0.15) is 8.78 Å². The molecule has 262 valence electrons. The number of alkyl halides is 2. The molecule has 3 unspecified atom stereocenters. The topological polar surface area (TPSA) is 162 Å². The molecule has 3 atom stereocenters. The molecule has 21 heteroatoms. The molecule has 0 aromatic heterocycles. The molecule has 0 amide bonds. The Morgan fingerprint density at radius 2 is 1.40 bits per heavy atom. The van der Waals surface area contributed by atoms with Crippen molar-refractivity contribution in [2.24, 2.45) is 11.8 Å². The van der Waals surface area contributed by atoms with E-state index in [0.717, 1.165) is 32.8 Å². The smallest absolute Gasteiger partial charge is 0.428 e. The fourth-order valence-electron chi connectivity index (χ4n) is 5.48. The summed E-state index contributed by atoms with van der Waals surface area (Å²) in [5.74, 6) is -4.38. The Morgan fingerprint density at radius 3 is 1.92 bits per heavy atom. The van der Waals surface area contributed by atoms with E-state index in [9.17, 15) is 40.9 Å². The summed E-state index contributed by atoms with van der Waals surface area (Å²) in [7, 11) is -6.31. The van der Waals surface area contributed by atoms with Crippen molar-refractivity contribution in [3.05, 3.63) is 47.7 Å². The monoisotopic (exact) mass is 1480 g/mol. The normalized spacial score (nSPS) is 20.4. The van der Waals surface area contributed by atoms with Crippen molar-refractivity contribution in [2.75, 3.05) is 13.2 Å². The first-order valence-corrected chi connectivity index (χ1v) is 22.2. The molecule has 0 radical (unpaired) electrons. The van der Waals surface area contributed by atoms with Crippen LogP contribution in [0.25, 0.3) is 0 Å². The molecule has 11 nitrogen and oxygen atoms in total. The maximum absolute atomic E-state index is 14.0. The molecular formula is C27H18F2I7O11S-. The summed E-state index contributed by atoms with van der Waals surface area (Å²) in [6, 6.07) is 1.53. The van der Waals surface area contributed by atoms with Crippen LogP contribution in [0.3, 0.4) is 0 Å². The first kappa shape index (κ1) is 41.9. The van der Waals surface area contributed by atoms with Gasteiger partial charge in [-0.05, 0) is 209 Å². The summed E-state index contributed by atoms with van der Waals surface area (Å²) in [5, 5.41) is -5.31. The van der Waals surface area contributed by atoms with Gasteiger partial charge in [0.05, 0.1) is 23.8 Å². The van der Waals surface area contributed by atoms with Crippen LogP contribution < -0.4 is 4.74 Å². The third-order valence-corrected chi connectivity index (χ3v) is 18.6. The molecule has 0 heterocycles. The Balaban J connectivity index is 1.59. The Morgan fingerprint density at radius 1 is 0.833 bits per heavy atom. The largest absolute Gasteiger partial charge is 0.743 e. The number of carbonyl (C=O) groups excluding carboxylic acids is 4. The number of hydrogen-bond donors (Lipinski definition) is 0. The number of halogens is 9. The van der Waals surface area contributed by atoms with Gasteiger partial charge in [0, 0.05) is 17.9 Å². The lowest BCUT2D eigenvalue weighted by molar-refractivity contribution is -0.162. The van der Waals surface area contributed by atoms with Gasteiger partial charge in [-0.3, -0.25) is 0 Å². The number of carbonyl (C=O) groups is 4. The van der Waals surface area contributed by atoms with Crippen LogP contribution in [0.4, 0.5) is 8.78 Å². The number of fused-ring (bicyclic) bond motifs is 2. The van der Waals surface area contributed by atoms with Gasteiger partial charge in [-0.15, -0.1) is 0 Å². The maximum atomic E-state index is 14.0. The van der Waals surface area contributed by atoms with Crippen molar-refractivity contribution in [1.29, 1.82) is 0 Å². The Hall–Kier alpha value is 1.20. The van der Waals surface area contributed by atoms with Crippen molar-refractivity contribution < 1.29 is 59.9 Å². The zero-order valence-corrected chi connectivity index (χ0v) is 39.7. The summed E-state index contributed by atoms with van der Waals surface area (Å²) < 4.78 is 83.1. The fraction of sp³-hybridized carbons (Fsp3) is 0.407. The number of rotatable bonds is 10. The van der Waals surface area contributed by atoms with Gasteiger partial charge in [0.2, 0.25) is 0 Å². The molecule has 2 aliphatic carbocycles. The van der Waals surface area contributed by atoms with Gasteiger partial charge in [0.15, 0.2) is 15.9 Å². The number of benzene rings is 2. The second-order valence-electron chi connectivity index (χ2n) is 10.8. The van der Waals surface area contributed by atoms with Crippen molar-refractivity contribution in [1.82, 2.24) is 0 Å². The summed E-state index contributed by atoms with van der Waals surface area (Å²) in [6.45, 7) is 0.197. The molecule has 2 aromatic carbocycles. The summed E-state index contributed by atoms with van der Waals surface area (Å²) in [4.78, 5) is 52.2. The Labute approximate surface area is 368 Å². The average Bonchev–Trinajstić information content (AvgIpc) is 3.57. The highest BCUT2D eigenvalue weighted by Crippen LogP contribution is 2.53. The highest BCUT2D eigenvalue weighted by atomic mass is 127. The fourth-order valence-corrected chi connectivity index (χ4v) is 13.4. The van der Waals surface area contributed by atoms with Crippen LogP contribution >= 0.6 is 158 Å². The summed E-state index contributed by atoms with van der Waals surface area (Å²) in [5.41, 5.74) is -0.621. The van der Waals surface area contributed by atoms with Gasteiger partial charge in [-0.25, -0.2) is 27.6 Å². The van der Waals surface area contributed by atoms with E-state index >= 15 is 0 Å². The number of esters is 4. The van der Waals surface area contributed by atoms with E-state index in [1.165, 1.54) is 6.07 Å². The van der Waals surface area contributed by atoms with E-state index in [4.69, 9.17) is 14.2 Å². The number of hydrogen-bond acceptors (Lipinski definition) is 11. The molecule has 4 rings (SSSR count). The lowest BCUT2D eigenvalue weighted by Crippen LogP contribution is -2.39. The van der Waals surface area contributed by atoms with Crippen molar-refractivity contribution in [2.45, 2.75) is 43.5 Å². The van der Waals surface area contributed by atoms with Gasteiger partial charge in [-0.1, -0.05) is 0 Å². The van der Waals surface area contributed by atoms with Crippen LogP contribution in [0.1, 0.15) is 63.7 Å². The van der Waals surface area contributed by atoms with Crippen LogP contribution in [0.2, 0.25) is 0 Å². The second kappa shape index (κ2) is 16.3. The van der Waals surface area contributed by atoms with E-state index < -0.39 is 58.1 Å². The predicted molar refractivity (Wildman–Crippen MR) is 222 cm³/mol.